The summed E-state index contributed by atoms with van der Waals surface area (Å²) >= 11 is 1.58. The standard InChI is InChI=1S/C26H34F2N8OS/c1-2-3-10-35(11-12-37)24-22-20(32-25(29)33-24)15-36(34-22)14-18-5-4-17(23-21(18)31-16-38-23)13-30-19-6-8-26(27,28)9-7-19/h4-5,15-16,19,30,37H,2-3,6-14H2,1H3,(H2,29,32). The second kappa shape index (κ2) is 11.4. The molecule has 0 amide bonds. The van der Waals surface area contributed by atoms with Crippen molar-refractivity contribution >= 4 is 44.4 Å². The zero-order valence-corrected chi connectivity index (χ0v) is 22.4. The number of fused-ring (bicyclic) bond motifs is 2. The minimum Gasteiger partial charge on any atom is -0.395 e. The Morgan fingerprint density at radius 2 is 1.97 bits per heavy atom. The van der Waals surface area contributed by atoms with Crippen LogP contribution in [-0.4, -0.2) is 61.5 Å². The molecule has 38 heavy (non-hydrogen) atoms. The SMILES string of the molecule is CCCCN(CCO)c1nc(N)nc2cn(Cc3ccc(CNC4CCC(F)(F)CC4)c4scnc34)nc12. The highest BCUT2D eigenvalue weighted by Gasteiger charge is 2.34. The van der Waals surface area contributed by atoms with Crippen LogP contribution in [0.4, 0.5) is 20.5 Å². The van der Waals surface area contributed by atoms with Crippen molar-refractivity contribution < 1.29 is 13.9 Å². The fourth-order valence-corrected chi connectivity index (χ4v) is 5.91. The molecular weight excluding hydrogens is 510 g/mol. The van der Waals surface area contributed by atoms with E-state index in [-0.39, 0.29) is 31.4 Å². The zero-order chi connectivity index (χ0) is 26.7. The van der Waals surface area contributed by atoms with Gasteiger partial charge >= 0.3 is 0 Å². The number of benzene rings is 1. The lowest BCUT2D eigenvalue weighted by Gasteiger charge is -2.29. The molecule has 0 radical (unpaired) electrons. The van der Waals surface area contributed by atoms with Crippen LogP contribution in [0.1, 0.15) is 56.6 Å². The highest BCUT2D eigenvalue weighted by atomic mass is 32.1. The van der Waals surface area contributed by atoms with E-state index in [1.165, 1.54) is 0 Å². The molecule has 1 aliphatic carbocycles. The van der Waals surface area contributed by atoms with Gasteiger partial charge in [0.15, 0.2) is 11.3 Å². The molecule has 204 valence electrons. The number of alkyl halides is 2. The molecule has 4 N–H and O–H groups in total. The molecule has 0 aliphatic heterocycles. The maximum absolute atomic E-state index is 13.5. The molecule has 1 aromatic carbocycles. The molecule has 5 rings (SSSR count). The minimum atomic E-state index is -2.52. The Morgan fingerprint density at radius 3 is 2.74 bits per heavy atom. The summed E-state index contributed by atoms with van der Waals surface area (Å²) in [5.41, 5.74) is 12.2. The van der Waals surface area contributed by atoms with Gasteiger partial charge in [-0.1, -0.05) is 25.5 Å². The lowest BCUT2D eigenvalue weighted by molar-refractivity contribution is -0.0405. The van der Waals surface area contributed by atoms with Crippen LogP contribution in [0, 0.1) is 0 Å². The predicted octanol–water partition coefficient (Wildman–Crippen LogP) is 4.33. The van der Waals surface area contributed by atoms with Crippen molar-refractivity contribution in [2.75, 3.05) is 30.3 Å². The number of nitrogens with one attached hydrogen (secondary N) is 1. The van der Waals surface area contributed by atoms with E-state index in [9.17, 15) is 13.9 Å². The summed E-state index contributed by atoms with van der Waals surface area (Å²) in [5, 5.41) is 17.9. The van der Waals surface area contributed by atoms with Gasteiger partial charge in [0.1, 0.15) is 5.52 Å². The van der Waals surface area contributed by atoms with Gasteiger partial charge in [-0.2, -0.15) is 10.1 Å². The first-order chi connectivity index (χ1) is 18.4. The van der Waals surface area contributed by atoms with Crippen LogP contribution in [0.25, 0.3) is 21.3 Å². The minimum absolute atomic E-state index is 0.00601. The van der Waals surface area contributed by atoms with Crippen molar-refractivity contribution in [3.8, 4) is 0 Å². The van der Waals surface area contributed by atoms with Crippen molar-refractivity contribution in [2.24, 2.45) is 0 Å². The Balaban J connectivity index is 1.36. The van der Waals surface area contributed by atoms with E-state index in [2.05, 4.69) is 39.3 Å². The van der Waals surface area contributed by atoms with Gasteiger partial charge < -0.3 is 21.1 Å². The summed E-state index contributed by atoms with van der Waals surface area (Å²) in [6.07, 6.45) is 4.73. The molecule has 0 spiro atoms. The number of aromatic nitrogens is 5. The van der Waals surface area contributed by atoms with Crippen molar-refractivity contribution in [1.82, 2.24) is 30.0 Å². The van der Waals surface area contributed by atoms with Crippen molar-refractivity contribution in [1.29, 1.82) is 0 Å². The van der Waals surface area contributed by atoms with Gasteiger partial charge in [-0.3, -0.25) is 4.68 Å². The molecule has 9 nitrogen and oxygen atoms in total. The monoisotopic (exact) mass is 544 g/mol. The Morgan fingerprint density at radius 1 is 1.18 bits per heavy atom. The van der Waals surface area contributed by atoms with Gasteiger partial charge in [-0.15, -0.1) is 11.3 Å². The number of nitrogens with two attached hydrogens (primary N) is 1. The van der Waals surface area contributed by atoms with Crippen molar-refractivity contribution in [2.45, 2.75) is 70.5 Å². The average molecular weight is 545 g/mol. The van der Waals surface area contributed by atoms with E-state index in [0.29, 0.717) is 49.3 Å². The van der Waals surface area contributed by atoms with Gasteiger partial charge in [-0.25, -0.2) is 18.7 Å². The van der Waals surface area contributed by atoms with E-state index >= 15 is 0 Å². The Kier molecular flexibility index (Phi) is 8.01. The smallest absolute Gasteiger partial charge is 0.248 e. The third-order valence-electron chi connectivity index (χ3n) is 7.14. The maximum atomic E-state index is 13.5. The molecular formula is C26H34F2N8OS. The van der Waals surface area contributed by atoms with E-state index in [1.54, 1.807) is 11.3 Å². The van der Waals surface area contributed by atoms with Crippen LogP contribution in [0.5, 0.6) is 0 Å². The fourth-order valence-electron chi connectivity index (χ4n) is 5.05. The third kappa shape index (κ3) is 5.87. The van der Waals surface area contributed by atoms with E-state index in [0.717, 1.165) is 40.7 Å². The molecule has 0 bridgehead atoms. The first-order valence-electron chi connectivity index (χ1n) is 13.2. The summed E-state index contributed by atoms with van der Waals surface area (Å²) < 4.78 is 29.9. The highest BCUT2D eigenvalue weighted by molar-refractivity contribution is 7.17. The molecule has 1 saturated carbocycles. The van der Waals surface area contributed by atoms with E-state index < -0.39 is 5.92 Å². The molecule has 1 aliphatic rings. The Hall–Kier alpha value is -2.96. The quantitative estimate of drug-likeness (QED) is 0.255. The molecule has 3 aromatic heterocycles. The molecule has 3 heterocycles. The number of anilines is 2. The average Bonchev–Trinajstić information content (AvgIpc) is 3.54. The molecule has 0 atom stereocenters. The van der Waals surface area contributed by atoms with Crippen molar-refractivity contribution in [3.63, 3.8) is 0 Å². The third-order valence-corrected chi connectivity index (χ3v) is 8.04. The van der Waals surface area contributed by atoms with Crippen LogP contribution >= 0.6 is 11.3 Å². The van der Waals surface area contributed by atoms with Gasteiger partial charge in [0.05, 0.1) is 35.1 Å². The molecule has 4 aromatic rings. The van der Waals surface area contributed by atoms with Crippen LogP contribution in [0.3, 0.4) is 0 Å². The molecule has 0 unspecified atom stereocenters. The van der Waals surface area contributed by atoms with Crippen LogP contribution in [-0.2, 0) is 13.1 Å². The van der Waals surface area contributed by atoms with Gasteiger partial charge in [-0.05, 0) is 24.8 Å². The second-order valence-electron chi connectivity index (χ2n) is 9.96. The van der Waals surface area contributed by atoms with Crippen LogP contribution < -0.4 is 16.0 Å². The normalized spacial score (nSPS) is 16.0. The van der Waals surface area contributed by atoms with Crippen LogP contribution in [0.15, 0.2) is 23.8 Å². The van der Waals surface area contributed by atoms with Gasteiger partial charge in [0.2, 0.25) is 11.9 Å². The summed E-state index contributed by atoms with van der Waals surface area (Å²) in [4.78, 5) is 15.5. The number of aliphatic hydroxyl groups excluding tert-OH is 1. The van der Waals surface area contributed by atoms with Gasteiger partial charge in [0, 0.05) is 44.1 Å². The van der Waals surface area contributed by atoms with Crippen molar-refractivity contribution in [3.05, 3.63) is 35.0 Å². The number of nitrogens with zero attached hydrogens (tertiary/aromatic N) is 6. The van der Waals surface area contributed by atoms with Crippen LogP contribution in [0.2, 0.25) is 0 Å². The summed E-state index contributed by atoms with van der Waals surface area (Å²) in [6, 6.07) is 4.25. The zero-order valence-electron chi connectivity index (χ0n) is 21.5. The van der Waals surface area contributed by atoms with E-state index in [4.69, 9.17) is 10.8 Å². The summed E-state index contributed by atoms with van der Waals surface area (Å²) in [7, 11) is 0. The highest BCUT2D eigenvalue weighted by Crippen LogP contribution is 2.34. The number of aliphatic hydroxyl groups is 1. The fraction of sp³-hybridized carbons (Fsp3) is 0.538. The number of hydrogen-bond acceptors (Lipinski definition) is 9. The Labute approximate surface area is 224 Å². The number of thiazole rings is 1. The lowest BCUT2D eigenvalue weighted by Crippen LogP contribution is -2.36. The first-order valence-corrected chi connectivity index (χ1v) is 14.1. The first kappa shape index (κ1) is 26.6. The number of rotatable bonds is 11. The summed E-state index contributed by atoms with van der Waals surface area (Å²) in [6.45, 7) is 4.43. The van der Waals surface area contributed by atoms with E-state index in [1.807, 2.05) is 21.3 Å². The molecule has 12 heteroatoms. The molecule has 0 saturated heterocycles. The number of unbranched alkanes of at least 4 members (excludes halogenated alkanes) is 1. The lowest BCUT2D eigenvalue weighted by atomic mass is 9.92. The number of nitrogen functional groups attached to an aromatic ring is 1. The second-order valence-corrected chi connectivity index (χ2v) is 10.8. The van der Waals surface area contributed by atoms with Gasteiger partial charge in [0.25, 0.3) is 0 Å². The Bertz CT molecular complexity index is 1380. The summed E-state index contributed by atoms with van der Waals surface area (Å²) in [5.74, 6) is -1.71. The number of hydrogen-bond donors (Lipinski definition) is 3. The topological polar surface area (TPSA) is 118 Å². The predicted molar refractivity (Wildman–Crippen MR) is 147 cm³/mol. The maximum Gasteiger partial charge on any atom is 0.248 e. The molecule has 1 fully saturated rings. The number of halogens is 2. The largest absolute Gasteiger partial charge is 0.395 e.